The van der Waals surface area contributed by atoms with Crippen molar-refractivity contribution in [3.8, 4) is 0 Å². The smallest absolute Gasteiger partial charge is 0.419 e. The summed E-state index contributed by atoms with van der Waals surface area (Å²) in [6.45, 7) is 9.21. The average molecular weight is 609 g/mol. The summed E-state index contributed by atoms with van der Waals surface area (Å²) in [5.74, 6) is 1.83. The van der Waals surface area contributed by atoms with Gasteiger partial charge >= 0.3 is 12.2 Å². The Morgan fingerprint density at radius 1 is 0.864 bits per heavy atom. The lowest BCUT2D eigenvalue weighted by Gasteiger charge is -2.63. The number of hydrogen-bond donors (Lipinski definition) is 1. The third kappa shape index (κ3) is 5.62. The molecule has 242 valence electrons. The summed E-state index contributed by atoms with van der Waals surface area (Å²) < 4.78 is 15.1. The van der Waals surface area contributed by atoms with Crippen molar-refractivity contribution in [1.29, 1.82) is 0 Å². The van der Waals surface area contributed by atoms with Crippen molar-refractivity contribution in [2.75, 3.05) is 0 Å². The number of nitrogens with zero attached hydrogens (tertiary/aromatic N) is 4. The molecule has 2 aromatic heterocycles. The molecule has 0 spiro atoms. The molecule has 10 atom stereocenters. The number of rotatable bonds is 8. The molecule has 0 radical (unpaired) electrons. The number of aromatic nitrogens is 4. The molecule has 44 heavy (non-hydrogen) atoms. The van der Waals surface area contributed by atoms with E-state index in [0.717, 1.165) is 57.8 Å². The van der Waals surface area contributed by atoms with Crippen molar-refractivity contribution < 1.29 is 24.2 Å². The van der Waals surface area contributed by atoms with Crippen molar-refractivity contribution in [3.05, 3.63) is 37.4 Å². The molecule has 0 aromatic carbocycles. The first-order chi connectivity index (χ1) is 21.1. The van der Waals surface area contributed by atoms with E-state index >= 15 is 0 Å². The number of hydrogen-bond acceptors (Lipinski definition) is 7. The number of unbranched alkanes of at least 4 members (excludes halogenated alkanes) is 3. The zero-order valence-electron chi connectivity index (χ0n) is 27.1. The normalized spacial score (nSPS) is 37.7. The molecule has 0 aliphatic heterocycles. The lowest BCUT2D eigenvalue weighted by atomic mass is 9.43. The van der Waals surface area contributed by atoms with Gasteiger partial charge in [-0.15, -0.1) is 0 Å². The highest BCUT2D eigenvalue weighted by atomic mass is 16.6. The molecular weight excluding hydrogens is 556 g/mol. The van der Waals surface area contributed by atoms with Crippen LogP contribution in [0.25, 0.3) is 0 Å². The van der Waals surface area contributed by atoms with E-state index in [1.807, 2.05) is 0 Å². The van der Waals surface area contributed by atoms with E-state index in [2.05, 4.69) is 37.7 Å². The zero-order chi connectivity index (χ0) is 31.1. The SMILES string of the molecule is CCCCCC[C@](C)(O)[C@H]1CC[C@H]2[C@@H]3C[C@H](OC(=O)n4ccnc4)[C@H]4C[C@@H](OC(=O)n5ccnc5)CC[C@]4(C)[C@H]3CC[C@@]21C. The van der Waals surface area contributed by atoms with Gasteiger partial charge in [0.05, 0.1) is 5.60 Å². The minimum Gasteiger partial charge on any atom is -0.446 e. The lowest BCUT2D eigenvalue weighted by Crippen LogP contribution is -2.60. The summed E-state index contributed by atoms with van der Waals surface area (Å²) in [5, 5.41) is 11.9. The summed E-state index contributed by atoms with van der Waals surface area (Å²) in [6.07, 6.45) is 21.3. The van der Waals surface area contributed by atoms with Gasteiger partial charge in [-0.25, -0.2) is 28.7 Å². The van der Waals surface area contributed by atoms with Crippen LogP contribution < -0.4 is 0 Å². The molecule has 0 bridgehead atoms. The maximum absolute atomic E-state index is 13.3. The summed E-state index contributed by atoms with van der Waals surface area (Å²) in [6, 6.07) is 0. The van der Waals surface area contributed by atoms with E-state index in [9.17, 15) is 14.7 Å². The predicted molar refractivity (Wildman–Crippen MR) is 166 cm³/mol. The second kappa shape index (κ2) is 12.3. The highest BCUT2D eigenvalue weighted by molar-refractivity contribution is 5.70. The minimum atomic E-state index is -0.657. The van der Waals surface area contributed by atoms with Crippen molar-refractivity contribution in [2.45, 2.75) is 129 Å². The van der Waals surface area contributed by atoms with Crippen LogP contribution >= 0.6 is 0 Å². The quantitative estimate of drug-likeness (QED) is 0.310. The summed E-state index contributed by atoms with van der Waals surface area (Å²) in [4.78, 5) is 34.2. The van der Waals surface area contributed by atoms with E-state index in [-0.39, 0.29) is 29.0 Å². The van der Waals surface area contributed by atoms with Crippen molar-refractivity contribution in [2.24, 2.45) is 40.4 Å². The molecular formula is C35H52N4O5. The van der Waals surface area contributed by atoms with Gasteiger partial charge in [-0.3, -0.25) is 0 Å². The number of carbonyl (C=O) groups is 2. The zero-order valence-corrected chi connectivity index (χ0v) is 27.1. The standard InChI is InChI=1S/C35H52N4O5/c1-5-6-7-8-13-35(4,42)30-10-9-26-25-21-29(44-32(41)39-19-17-37-23-39)28-20-24(43-31(40)38-18-16-36-22-38)11-14-33(28,2)27(25)12-15-34(26,30)3/h16-19,22-30,42H,5-15,20-21H2,1-4H3/t24-,25-,26-,27-,28+,29-,30-,33+,34-,35-/m0/s1. The highest BCUT2D eigenvalue weighted by Gasteiger charge is 2.64. The summed E-state index contributed by atoms with van der Waals surface area (Å²) in [7, 11) is 0. The Morgan fingerprint density at radius 2 is 1.52 bits per heavy atom. The van der Waals surface area contributed by atoms with Crippen LogP contribution in [-0.2, 0) is 9.47 Å². The molecule has 2 heterocycles. The number of aliphatic hydroxyl groups is 1. The molecule has 4 aliphatic carbocycles. The number of fused-ring (bicyclic) bond motifs is 5. The van der Waals surface area contributed by atoms with Crippen LogP contribution in [0.5, 0.6) is 0 Å². The molecule has 4 saturated carbocycles. The molecule has 4 fully saturated rings. The Bertz CT molecular complexity index is 1280. The van der Waals surface area contributed by atoms with Crippen LogP contribution in [0.2, 0.25) is 0 Å². The van der Waals surface area contributed by atoms with Gasteiger partial charge in [0.25, 0.3) is 0 Å². The van der Waals surface area contributed by atoms with E-state index in [4.69, 9.17) is 9.47 Å². The van der Waals surface area contributed by atoms with Crippen LogP contribution in [0.4, 0.5) is 9.59 Å². The van der Waals surface area contributed by atoms with Crippen molar-refractivity contribution in [3.63, 3.8) is 0 Å². The lowest BCUT2D eigenvalue weighted by molar-refractivity contribution is -0.179. The first-order valence-corrected chi connectivity index (χ1v) is 17.2. The Hall–Kier alpha value is -2.68. The average Bonchev–Trinajstić information content (AvgIpc) is 3.77. The third-order valence-electron chi connectivity index (χ3n) is 12.8. The maximum atomic E-state index is 13.3. The Kier molecular flexibility index (Phi) is 8.72. The minimum absolute atomic E-state index is 0.0250. The Labute approximate surface area is 262 Å². The molecule has 9 heteroatoms. The van der Waals surface area contributed by atoms with Crippen LogP contribution in [-0.4, -0.2) is 54.2 Å². The Balaban J connectivity index is 1.24. The maximum Gasteiger partial charge on any atom is 0.419 e. The first kappa shape index (κ1) is 31.3. The predicted octanol–water partition coefficient (Wildman–Crippen LogP) is 7.48. The summed E-state index contributed by atoms with van der Waals surface area (Å²) in [5.41, 5.74) is -0.604. The van der Waals surface area contributed by atoms with Gasteiger partial charge in [-0.1, -0.05) is 46.5 Å². The van der Waals surface area contributed by atoms with Crippen LogP contribution in [0.15, 0.2) is 37.4 Å². The second-order valence-corrected chi connectivity index (χ2v) is 15.2. The van der Waals surface area contributed by atoms with Crippen LogP contribution in [0.1, 0.15) is 111 Å². The molecule has 0 saturated heterocycles. The van der Waals surface area contributed by atoms with Gasteiger partial charge in [0.1, 0.15) is 24.9 Å². The summed E-state index contributed by atoms with van der Waals surface area (Å²) >= 11 is 0. The van der Waals surface area contributed by atoms with E-state index in [1.54, 1.807) is 24.8 Å². The fraction of sp³-hybridized carbons (Fsp3) is 0.771. The first-order valence-electron chi connectivity index (χ1n) is 17.2. The van der Waals surface area contributed by atoms with Crippen molar-refractivity contribution >= 4 is 12.2 Å². The Morgan fingerprint density at radius 3 is 2.18 bits per heavy atom. The third-order valence-corrected chi connectivity index (χ3v) is 12.8. The second-order valence-electron chi connectivity index (χ2n) is 15.2. The molecule has 2 aromatic rings. The van der Waals surface area contributed by atoms with Gasteiger partial charge < -0.3 is 14.6 Å². The molecule has 9 nitrogen and oxygen atoms in total. The number of ether oxygens (including phenoxy) is 2. The van der Waals surface area contributed by atoms with Gasteiger partial charge in [0, 0.05) is 30.7 Å². The van der Waals surface area contributed by atoms with Gasteiger partial charge in [0.15, 0.2) is 0 Å². The number of carbonyl (C=O) groups excluding carboxylic acids is 2. The fourth-order valence-electron chi connectivity index (χ4n) is 10.7. The molecule has 6 rings (SSSR count). The number of imidazole rings is 2. The topological polar surface area (TPSA) is 108 Å². The van der Waals surface area contributed by atoms with Crippen molar-refractivity contribution in [1.82, 2.24) is 19.1 Å². The van der Waals surface area contributed by atoms with E-state index < -0.39 is 17.8 Å². The van der Waals surface area contributed by atoms with E-state index in [0.29, 0.717) is 30.1 Å². The van der Waals surface area contributed by atoms with Gasteiger partial charge in [-0.05, 0) is 99.2 Å². The molecule has 0 amide bonds. The molecule has 1 N–H and O–H groups in total. The monoisotopic (exact) mass is 608 g/mol. The van der Waals surface area contributed by atoms with Gasteiger partial charge in [-0.2, -0.15) is 0 Å². The van der Waals surface area contributed by atoms with E-state index in [1.165, 1.54) is 41.1 Å². The largest absolute Gasteiger partial charge is 0.446 e. The van der Waals surface area contributed by atoms with Crippen LogP contribution in [0.3, 0.4) is 0 Å². The molecule has 4 aliphatic rings. The molecule has 0 unspecified atom stereocenters. The highest BCUT2D eigenvalue weighted by Crippen LogP contribution is 2.69. The van der Waals surface area contributed by atoms with Crippen LogP contribution in [0, 0.1) is 40.4 Å². The van der Waals surface area contributed by atoms with Gasteiger partial charge in [0.2, 0.25) is 0 Å². The fourth-order valence-corrected chi connectivity index (χ4v) is 10.7.